The Morgan fingerprint density at radius 1 is 1.22 bits per heavy atom. The SMILES string of the molecule is Cc1oc(-c2ccc(C(F)(F)F)cc2)nc1CO[C@H]1CCCC(COC(C)(C)C(=O)O)C1. The molecule has 6 nitrogen and oxygen atoms in total. The Bertz CT molecular complexity index is 921. The van der Waals surface area contributed by atoms with Crippen LogP contribution in [0.15, 0.2) is 28.7 Å². The van der Waals surface area contributed by atoms with Gasteiger partial charge in [-0.15, -0.1) is 0 Å². The summed E-state index contributed by atoms with van der Waals surface area (Å²) in [6, 6.07) is 4.67. The van der Waals surface area contributed by atoms with Crippen LogP contribution in [0, 0.1) is 12.8 Å². The number of alkyl halides is 3. The van der Waals surface area contributed by atoms with Crippen LogP contribution in [0.25, 0.3) is 11.5 Å². The topological polar surface area (TPSA) is 81.8 Å². The molecule has 0 aliphatic heterocycles. The first kappa shape index (κ1) is 24.3. The van der Waals surface area contributed by atoms with E-state index >= 15 is 0 Å². The van der Waals surface area contributed by atoms with Crippen LogP contribution in [0.1, 0.15) is 56.5 Å². The van der Waals surface area contributed by atoms with Crippen molar-refractivity contribution in [2.75, 3.05) is 6.61 Å². The molecule has 1 aromatic carbocycles. The highest BCUT2D eigenvalue weighted by molar-refractivity contribution is 5.76. The normalized spacial score (nSPS) is 19.8. The van der Waals surface area contributed by atoms with E-state index in [0.717, 1.165) is 37.8 Å². The van der Waals surface area contributed by atoms with Crippen LogP contribution in [-0.2, 0) is 27.1 Å². The molecule has 1 aliphatic carbocycles. The van der Waals surface area contributed by atoms with Gasteiger partial charge in [-0.05, 0) is 70.2 Å². The number of nitrogens with zero attached hydrogens (tertiary/aromatic N) is 1. The molecule has 32 heavy (non-hydrogen) atoms. The molecule has 1 fully saturated rings. The summed E-state index contributed by atoms with van der Waals surface area (Å²) in [5.41, 5.74) is -0.885. The highest BCUT2D eigenvalue weighted by atomic mass is 19.4. The van der Waals surface area contributed by atoms with Crippen molar-refractivity contribution in [2.45, 2.75) is 70.9 Å². The summed E-state index contributed by atoms with van der Waals surface area (Å²) >= 11 is 0. The van der Waals surface area contributed by atoms with E-state index in [0.29, 0.717) is 23.6 Å². The van der Waals surface area contributed by atoms with E-state index in [1.54, 1.807) is 6.92 Å². The smallest absolute Gasteiger partial charge is 0.416 e. The van der Waals surface area contributed by atoms with Crippen LogP contribution in [0.2, 0.25) is 0 Å². The molecular formula is C23H28F3NO5. The lowest BCUT2D eigenvalue weighted by Gasteiger charge is -2.31. The number of halogens is 3. The Morgan fingerprint density at radius 2 is 1.91 bits per heavy atom. The third-order valence-electron chi connectivity index (χ3n) is 5.74. The van der Waals surface area contributed by atoms with Crippen molar-refractivity contribution >= 4 is 5.97 Å². The van der Waals surface area contributed by atoms with Gasteiger partial charge in [-0.25, -0.2) is 9.78 Å². The predicted octanol–water partition coefficient (Wildman–Crippen LogP) is 5.62. The van der Waals surface area contributed by atoms with Crippen molar-refractivity contribution in [2.24, 2.45) is 5.92 Å². The van der Waals surface area contributed by atoms with Crippen LogP contribution < -0.4 is 0 Å². The molecule has 9 heteroatoms. The Balaban J connectivity index is 1.56. The summed E-state index contributed by atoms with van der Waals surface area (Å²) in [4.78, 5) is 15.6. The van der Waals surface area contributed by atoms with Crippen LogP contribution in [0.5, 0.6) is 0 Å². The van der Waals surface area contributed by atoms with Crippen molar-refractivity contribution in [3.63, 3.8) is 0 Å². The van der Waals surface area contributed by atoms with Crippen molar-refractivity contribution in [1.29, 1.82) is 0 Å². The van der Waals surface area contributed by atoms with E-state index in [2.05, 4.69) is 4.98 Å². The van der Waals surface area contributed by atoms with Gasteiger partial charge in [-0.3, -0.25) is 0 Å². The second kappa shape index (κ2) is 9.62. The van der Waals surface area contributed by atoms with Crippen molar-refractivity contribution in [1.82, 2.24) is 4.98 Å². The first-order chi connectivity index (χ1) is 15.0. The number of aryl methyl sites for hydroxylation is 1. The van der Waals surface area contributed by atoms with Crippen LogP contribution in [0.3, 0.4) is 0 Å². The van der Waals surface area contributed by atoms with E-state index in [9.17, 15) is 23.1 Å². The summed E-state index contributed by atoms with van der Waals surface area (Å²) in [5, 5.41) is 9.18. The van der Waals surface area contributed by atoms with Gasteiger partial charge in [-0.1, -0.05) is 6.42 Å². The van der Waals surface area contributed by atoms with E-state index in [4.69, 9.17) is 13.9 Å². The first-order valence-electron chi connectivity index (χ1n) is 10.6. The van der Waals surface area contributed by atoms with Crippen molar-refractivity contribution in [3.8, 4) is 11.5 Å². The zero-order chi connectivity index (χ0) is 23.5. The van der Waals surface area contributed by atoms with Crippen LogP contribution >= 0.6 is 0 Å². The van der Waals surface area contributed by atoms with Gasteiger partial charge in [0, 0.05) is 5.56 Å². The molecule has 1 unspecified atom stereocenters. The molecular weight excluding hydrogens is 427 g/mol. The Labute approximate surface area is 184 Å². The number of oxazole rings is 1. The molecule has 176 valence electrons. The molecule has 0 saturated heterocycles. The second-order valence-corrected chi connectivity index (χ2v) is 8.69. The zero-order valence-electron chi connectivity index (χ0n) is 18.4. The van der Waals surface area contributed by atoms with E-state index in [1.807, 2.05) is 0 Å². The summed E-state index contributed by atoms with van der Waals surface area (Å²) in [7, 11) is 0. The number of carbonyl (C=O) groups is 1. The summed E-state index contributed by atoms with van der Waals surface area (Å²) < 4.78 is 55.5. The average molecular weight is 455 g/mol. The number of hydrogen-bond acceptors (Lipinski definition) is 5. The fourth-order valence-corrected chi connectivity index (χ4v) is 3.62. The minimum atomic E-state index is -4.39. The summed E-state index contributed by atoms with van der Waals surface area (Å²) in [5.74, 6) is 0.0272. The molecule has 0 amide bonds. The number of ether oxygens (including phenoxy) is 2. The average Bonchev–Trinajstić information content (AvgIpc) is 3.11. The van der Waals surface area contributed by atoms with E-state index in [-0.39, 0.29) is 24.5 Å². The standard InChI is InChI=1S/C23H28F3NO5/c1-14-19(27-20(32-14)16-7-9-17(10-8-16)23(24,25)26)13-30-18-6-4-5-15(11-18)12-31-22(2,3)21(28)29/h7-10,15,18H,4-6,11-13H2,1-3H3,(H,28,29)/t15?,18-/m0/s1. The third kappa shape index (κ3) is 6.10. The number of aliphatic carboxylic acids is 1. The number of carboxylic acids is 1. The molecule has 0 radical (unpaired) electrons. The lowest BCUT2D eigenvalue weighted by molar-refractivity contribution is -0.163. The van der Waals surface area contributed by atoms with Gasteiger partial charge < -0.3 is 19.0 Å². The van der Waals surface area contributed by atoms with Gasteiger partial charge in [0.1, 0.15) is 11.5 Å². The lowest BCUT2D eigenvalue weighted by atomic mass is 9.87. The molecule has 1 saturated carbocycles. The minimum absolute atomic E-state index is 0.00379. The molecule has 2 atom stereocenters. The molecule has 0 spiro atoms. The highest BCUT2D eigenvalue weighted by Crippen LogP contribution is 2.32. The largest absolute Gasteiger partial charge is 0.479 e. The molecule has 1 heterocycles. The maximum Gasteiger partial charge on any atom is 0.416 e. The van der Waals surface area contributed by atoms with Crippen molar-refractivity contribution in [3.05, 3.63) is 41.3 Å². The maximum absolute atomic E-state index is 12.7. The fraction of sp³-hybridized carbons (Fsp3) is 0.565. The number of hydrogen-bond donors (Lipinski definition) is 1. The maximum atomic E-state index is 12.7. The van der Waals surface area contributed by atoms with Gasteiger partial charge in [0.05, 0.1) is 24.9 Å². The number of benzene rings is 1. The first-order valence-corrected chi connectivity index (χ1v) is 10.6. The van der Waals surface area contributed by atoms with Crippen LogP contribution in [-0.4, -0.2) is 34.4 Å². The van der Waals surface area contributed by atoms with Gasteiger partial charge in [0.2, 0.25) is 5.89 Å². The number of aromatic nitrogens is 1. The Kier molecular flexibility index (Phi) is 7.29. The number of rotatable bonds is 8. The zero-order valence-corrected chi connectivity index (χ0v) is 18.4. The van der Waals surface area contributed by atoms with Gasteiger partial charge in [0.15, 0.2) is 5.60 Å². The lowest BCUT2D eigenvalue weighted by Crippen LogP contribution is -2.37. The minimum Gasteiger partial charge on any atom is -0.479 e. The Hall–Kier alpha value is -2.39. The highest BCUT2D eigenvalue weighted by Gasteiger charge is 2.32. The quantitative estimate of drug-likeness (QED) is 0.556. The van der Waals surface area contributed by atoms with E-state index < -0.39 is 23.3 Å². The fourth-order valence-electron chi connectivity index (χ4n) is 3.62. The Morgan fingerprint density at radius 3 is 2.53 bits per heavy atom. The van der Waals surface area contributed by atoms with Crippen molar-refractivity contribution < 1.29 is 37.0 Å². The predicted molar refractivity (Wildman–Crippen MR) is 110 cm³/mol. The van der Waals surface area contributed by atoms with Gasteiger partial charge in [-0.2, -0.15) is 13.2 Å². The van der Waals surface area contributed by atoms with E-state index in [1.165, 1.54) is 26.0 Å². The summed E-state index contributed by atoms with van der Waals surface area (Å²) in [6.45, 7) is 5.40. The third-order valence-corrected chi connectivity index (χ3v) is 5.74. The van der Waals surface area contributed by atoms with Crippen LogP contribution in [0.4, 0.5) is 13.2 Å². The molecule has 1 N–H and O–H groups in total. The molecule has 3 rings (SSSR count). The summed E-state index contributed by atoms with van der Waals surface area (Å²) in [6.07, 6.45) is -0.830. The molecule has 1 aromatic heterocycles. The molecule has 2 aromatic rings. The monoisotopic (exact) mass is 455 g/mol. The van der Waals surface area contributed by atoms with Gasteiger partial charge in [0.25, 0.3) is 0 Å². The molecule has 1 aliphatic rings. The second-order valence-electron chi connectivity index (χ2n) is 8.69. The van der Waals surface area contributed by atoms with Gasteiger partial charge >= 0.3 is 12.1 Å². The number of carboxylic acid groups (broad SMARTS) is 1. The molecule has 0 bridgehead atoms.